The smallest absolute Gasteiger partial charge is 0.334 e. The van der Waals surface area contributed by atoms with Crippen molar-refractivity contribution in [3.05, 3.63) is 46.6 Å². The Morgan fingerprint density at radius 2 is 1.52 bits per heavy atom. The summed E-state index contributed by atoms with van der Waals surface area (Å²) in [6.07, 6.45) is 12.3. The van der Waals surface area contributed by atoms with Crippen LogP contribution in [0.3, 0.4) is 0 Å². The van der Waals surface area contributed by atoms with Crippen molar-refractivity contribution in [3.63, 3.8) is 0 Å². The Balaban J connectivity index is 4.54. The molecule has 0 rings (SSSR count). The van der Waals surface area contributed by atoms with Crippen LogP contribution in [0.4, 0.5) is 0 Å². The number of hydrogen-bond acceptors (Lipinski definition) is 3. The second-order valence-corrected chi connectivity index (χ2v) is 6.85. The van der Waals surface area contributed by atoms with Crippen LogP contribution in [-0.4, -0.2) is 24.3 Å². The molecule has 0 amide bonds. The minimum Gasteiger partial charge on any atom is -0.463 e. The Morgan fingerprint density at radius 3 is 2.04 bits per heavy atom. The molecule has 0 spiro atoms. The predicted molar refractivity (Wildman–Crippen MR) is 106 cm³/mol. The van der Waals surface area contributed by atoms with E-state index in [1.807, 2.05) is 39.8 Å². The first-order valence-corrected chi connectivity index (χ1v) is 9.28. The highest BCUT2D eigenvalue weighted by Gasteiger charge is 2.13. The highest BCUT2D eigenvalue weighted by molar-refractivity contribution is 5.89. The lowest BCUT2D eigenvalue weighted by atomic mass is 10.0. The summed E-state index contributed by atoms with van der Waals surface area (Å²) < 4.78 is 5.11. The molecule has 142 valence electrons. The zero-order valence-corrected chi connectivity index (χ0v) is 16.9. The highest BCUT2D eigenvalue weighted by Crippen LogP contribution is 2.15. The van der Waals surface area contributed by atoms with Gasteiger partial charge >= 0.3 is 5.97 Å². The zero-order valence-electron chi connectivity index (χ0n) is 16.9. The minimum absolute atomic E-state index is 0.143. The van der Waals surface area contributed by atoms with Crippen LogP contribution in [0.25, 0.3) is 0 Å². The van der Waals surface area contributed by atoms with Gasteiger partial charge in [0.2, 0.25) is 0 Å². The highest BCUT2D eigenvalue weighted by atomic mass is 16.5. The summed E-state index contributed by atoms with van der Waals surface area (Å²) in [5.74, 6) is -0.0656. The van der Waals surface area contributed by atoms with Gasteiger partial charge in [-0.3, -0.25) is 0 Å². The van der Waals surface area contributed by atoms with Crippen molar-refractivity contribution in [2.45, 2.75) is 67.2 Å². The summed E-state index contributed by atoms with van der Waals surface area (Å²) in [5, 5.41) is 8.97. The molecule has 25 heavy (non-hydrogen) atoms. The van der Waals surface area contributed by atoms with Crippen LogP contribution < -0.4 is 0 Å². The summed E-state index contributed by atoms with van der Waals surface area (Å²) in [6.45, 7) is 12.6. The van der Waals surface area contributed by atoms with Gasteiger partial charge in [0.1, 0.15) is 0 Å². The van der Waals surface area contributed by atoms with E-state index in [9.17, 15) is 4.79 Å². The van der Waals surface area contributed by atoms with Crippen LogP contribution in [0.15, 0.2) is 46.6 Å². The van der Waals surface area contributed by atoms with Gasteiger partial charge in [-0.05, 0) is 59.3 Å². The fourth-order valence-electron chi connectivity index (χ4n) is 2.29. The molecular weight excluding hydrogens is 312 g/mol. The predicted octanol–water partition coefficient (Wildman–Crippen LogP) is 5.52. The SMILES string of the molecule is CCOC(=O)C(=CC=C(C)CCC=C(C)CCC=C(C)CO)C(C)C. The zero-order chi connectivity index (χ0) is 19.2. The average Bonchev–Trinajstić information content (AvgIpc) is 2.54. The van der Waals surface area contributed by atoms with Crippen molar-refractivity contribution in [1.29, 1.82) is 0 Å². The fraction of sp³-hybridized carbons (Fsp3) is 0.591. The Labute approximate surface area is 154 Å². The monoisotopic (exact) mass is 348 g/mol. The topological polar surface area (TPSA) is 46.5 Å². The number of carbonyl (C=O) groups excluding carboxylic acids is 1. The van der Waals surface area contributed by atoms with Gasteiger partial charge in [-0.25, -0.2) is 4.79 Å². The van der Waals surface area contributed by atoms with E-state index in [0.717, 1.165) is 36.8 Å². The Kier molecular flexibility index (Phi) is 12.8. The third-order valence-electron chi connectivity index (χ3n) is 3.99. The van der Waals surface area contributed by atoms with Crippen LogP contribution >= 0.6 is 0 Å². The van der Waals surface area contributed by atoms with Gasteiger partial charge in [0.15, 0.2) is 0 Å². The maximum Gasteiger partial charge on any atom is 0.334 e. The number of rotatable bonds is 11. The molecule has 0 heterocycles. The molecule has 0 aromatic heterocycles. The van der Waals surface area contributed by atoms with Gasteiger partial charge in [-0.1, -0.05) is 54.9 Å². The number of aliphatic hydroxyl groups excluding tert-OH is 1. The van der Waals surface area contributed by atoms with Gasteiger partial charge in [0, 0.05) is 5.57 Å². The number of esters is 1. The molecule has 1 N–H and O–H groups in total. The number of hydrogen-bond donors (Lipinski definition) is 1. The average molecular weight is 349 g/mol. The molecule has 0 bridgehead atoms. The van der Waals surface area contributed by atoms with Crippen molar-refractivity contribution < 1.29 is 14.6 Å². The van der Waals surface area contributed by atoms with E-state index in [0.29, 0.717) is 6.61 Å². The first-order chi connectivity index (χ1) is 11.8. The Morgan fingerprint density at radius 1 is 0.960 bits per heavy atom. The number of ether oxygens (including phenoxy) is 1. The van der Waals surface area contributed by atoms with Crippen LogP contribution in [0.1, 0.15) is 67.2 Å². The van der Waals surface area contributed by atoms with E-state index in [1.165, 1.54) is 11.1 Å². The molecule has 0 aromatic rings. The van der Waals surface area contributed by atoms with Crippen LogP contribution in [-0.2, 0) is 9.53 Å². The van der Waals surface area contributed by atoms with Crippen molar-refractivity contribution in [2.24, 2.45) is 5.92 Å². The number of aliphatic hydroxyl groups is 1. The van der Waals surface area contributed by atoms with E-state index in [2.05, 4.69) is 26.0 Å². The molecule has 0 aromatic carbocycles. The second-order valence-electron chi connectivity index (χ2n) is 6.85. The van der Waals surface area contributed by atoms with Crippen LogP contribution in [0.2, 0.25) is 0 Å². The van der Waals surface area contributed by atoms with Gasteiger partial charge in [0.05, 0.1) is 13.2 Å². The molecule has 0 radical (unpaired) electrons. The van der Waals surface area contributed by atoms with Crippen molar-refractivity contribution >= 4 is 5.97 Å². The molecular formula is C22H36O3. The summed E-state index contributed by atoms with van der Waals surface area (Å²) in [7, 11) is 0. The normalized spacial score (nSPS) is 14.2. The number of carbonyl (C=O) groups is 1. The fourth-order valence-corrected chi connectivity index (χ4v) is 2.29. The quantitative estimate of drug-likeness (QED) is 0.231. The Bertz CT molecular complexity index is 519. The summed E-state index contributed by atoms with van der Waals surface area (Å²) >= 11 is 0. The molecule has 3 nitrogen and oxygen atoms in total. The molecule has 3 heteroatoms. The van der Waals surface area contributed by atoms with Gasteiger partial charge < -0.3 is 9.84 Å². The first kappa shape index (κ1) is 23.4. The van der Waals surface area contributed by atoms with Gasteiger partial charge in [0.25, 0.3) is 0 Å². The molecule has 0 aliphatic rings. The molecule has 0 fully saturated rings. The van der Waals surface area contributed by atoms with E-state index in [1.54, 1.807) is 0 Å². The maximum atomic E-state index is 11.9. The third kappa shape index (κ3) is 11.5. The lowest BCUT2D eigenvalue weighted by molar-refractivity contribution is -0.139. The number of allylic oxidation sites excluding steroid dienone is 6. The lowest BCUT2D eigenvalue weighted by Gasteiger charge is -2.09. The maximum absolute atomic E-state index is 11.9. The van der Waals surface area contributed by atoms with Gasteiger partial charge in [-0.2, -0.15) is 0 Å². The first-order valence-electron chi connectivity index (χ1n) is 9.28. The van der Waals surface area contributed by atoms with Crippen molar-refractivity contribution in [1.82, 2.24) is 0 Å². The summed E-state index contributed by atoms with van der Waals surface area (Å²) in [4.78, 5) is 11.9. The van der Waals surface area contributed by atoms with Crippen molar-refractivity contribution in [2.75, 3.05) is 13.2 Å². The van der Waals surface area contributed by atoms with Gasteiger partial charge in [-0.15, -0.1) is 0 Å². The summed E-state index contributed by atoms with van der Waals surface area (Å²) in [6, 6.07) is 0. The van der Waals surface area contributed by atoms with E-state index in [4.69, 9.17) is 9.84 Å². The van der Waals surface area contributed by atoms with Crippen molar-refractivity contribution in [3.8, 4) is 0 Å². The lowest BCUT2D eigenvalue weighted by Crippen LogP contribution is -2.12. The van der Waals surface area contributed by atoms with E-state index < -0.39 is 0 Å². The second kappa shape index (κ2) is 13.7. The largest absolute Gasteiger partial charge is 0.463 e. The molecule has 0 atom stereocenters. The Hall–Kier alpha value is -1.61. The molecule has 0 aliphatic carbocycles. The molecule has 0 saturated heterocycles. The molecule has 0 saturated carbocycles. The standard InChI is InChI=1S/C22H36O3/c1-7-25-22(24)21(17(2)3)15-14-19(5)12-8-10-18(4)11-9-13-20(6)16-23/h10,13-15,17,23H,7-9,11-12,16H2,1-6H3. The minimum atomic E-state index is -0.219. The molecule has 0 aliphatic heterocycles. The van der Waals surface area contributed by atoms with E-state index in [-0.39, 0.29) is 18.5 Å². The van der Waals surface area contributed by atoms with Crippen LogP contribution in [0.5, 0.6) is 0 Å². The summed E-state index contributed by atoms with van der Waals surface area (Å²) in [5.41, 5.74) is 4.38. The van der Waals surface area contributed by atoms with E-state index >= 15 is 0 Å². The third-order valence-corrected chi connectivity index (χ3v) is 3.99. The molecule has 0 unspecified atom stereocenters. The van der Waals surface area contributed by atoms with Crippen LogP contribution in [0, 0.1) is 5.92 Å².